The Kier molecular flexibility index (Phi) is 5.24. The Bertz CT molecular complexity index is 2200. The monoisotopic (exact) mass is 506 g/mol. The third-order valence-electron chi connectivity index (χ3n) is 8.20. The van der Waals surface area contributed by atoms with Crippen LogP contribution >= 0.6 is 0 Å². The molecule has 0 nitrogen and oxygen atoms in total. The fourth-order valence-corrected chi connectivity index (χ4v) is 6.22. The minimum Gasteiger partial charge on any atom is -0.0622 e. The highest BCUT2D eigenvalue weighted by Gasteiger charge is 2.13. The standard InChI is InChI=1S/C40H26/c1-2-9-27(10-3-1)30-17-18-33-24-31(19-20-32(33)23-30)29-13-8-14-35(25-29)40-37-16-7-5-12-34(37)26-39-36-15-6-4-11-28(36)21-22-38(39)40/h1-26H. The van der Waals surface area contributed by atoms with Gasteiger partial charge in [-0.25, -0.2) is 0 Å². The molecule has 0 aliphatic carbocycles. The highest BCUT2D eigenvalue weighted by atomic mass is 14.2. The van der Waals surface area contributed by atoms with Gasteiger partial charge in [0.2, 0.25) is 0 Å². The third-order valence-corrected chi connectivity index (χ3v) is 8.20. The first-order valence-electron chi connectivity index (χ1n) is 13.9. The van der Waals surface area contributed by atoms with Crippen LogP contribution in [0.1, 0.15) is 0 Å². The van der Waals surface area contributed by atoms with Crippen LogP contribution < -0.4 is 0 Å². The van der Waals surface area contributed by atoms with Crippen molar-refractivity contribution in [3.05, 3.63) is 158 Å². The van der Waals surface area contributed by atoms with Crippen LogP contribution in [-0.2, 0) is 0 Å². The highest BCUT2D eigenvalue weighted by molar-refractivity contribution is 6.20. The van der Waals surface area contributed by atoms with Crippen molar-refractivity contribution in [1.82, 2.24) is 0 Å². The minimum absolute atomic E-state index is 1.23. The average molecular weight is 507 g/mol. The molecule has 0 bridgehead atoms. The normalized spacial score (nSPS) is 11.5. The summed E-state index contributed by atoms with van der Waals surface area (Å²) in [5, 5.41) is 10.2. The number of benzene rings is 8. The molecule has 0 unspecified atom stereocenters. The second kappa shape index (κ2) is 9.22. The summed E-state index contributed by atoms with van der Waals surface area (Å²) in [5.41, 5.74) is 7.50. The van der Waals surface area contributed by atoms with E-state index in [1.807, 2.05) is 0 Å². The molecular formula is C40H26. The lowest BCUT2D eigenvalue weighted by Crippen LogP contribution is -1.88. The maximum absolute atomic E-state index is 2.36. The van der Waals surface area contributed by atoms with Crippen molar-refractivity contribution in [3.63, 3.8) is 0 Å². The van der Waals surface area contributed by atoms with Gasteiger partial charge in [0, 0.05) is 0 Å². The molecule has 0 aliphatic heterocycles. The zero-order valence-electron chi connectivity index (χ0n) is 22.0. The molecule has 0 aliphatic rings. The predicted molar refractivity (Wildman–Crippen MR) is 173 cm³/mol. The summed E-state index contributed by atoms with van der Waals surface area (Å²) in [5.74, 6) is 0. The maximum Gasteiger partial charge on any atom is -0.00264 e. The topological polar surface area (TPSA) is 0 Å². The Morgan fingerprint density at radius 3 is 1.60 bits per heavy atom. The van der Waals surface area contributed by atoms with Crippen LogP contribution in [0.15, 0.2) is 158 Å². The zero-order chi connectivity index (χ0) is 26.5. The van der Waals surface area contributed by atoms with Crippen molar-refractivity contribution in [3.8, 4) is 33.4 Å². The van der Waals surface area contributed by atoms with Gasteiger partial charge >= 0.3 is 0 Å². The van der Waals surface area contributed by atoms with Gasteiger partial charge in [-0.05, 0) is 101 Å². The molecule has 0 N–H and O–H groups in total. The van der Waals surface area contributed by atoms with Crippen molar-refractivity contribution in [2.45, 2.75) is 0 Å². The second-order valence-corrected chi connectivity index (χ2v) is 10.6. The van der Waals surface area contributed by atoms with Crippen molar-refractivity contribution in [1.29, 1.82) is 0 Å². The molecule has 8 aromatic rings. The van der Waals surface area contributed by atoms with Crippen LogP contribution in [-0.4, -0.2) is 0 Å². The molecule has 0 heterocycles. The van der Waals surface area contributed by atoms with Gasteiger partial charge in [-0.1, -0.05) is 133 Å². The van der Waals surface area contributed by atoms with Crippen LogP contribution in [0.3, 0.4) is 0 Å². The lowest BCUT2D eigenvalue weighted by atomic mass is 9.88. The molecule has 0 saturated heterocycles. The van der Waals surface area contributed by atoms with Gasteiger partial charge in [-0.2, -0.15) is 0 Å². The van der Waals surface area contributed by atoms with Gasteiger partial charge in [0.25, 0.3) is 0 Å². The van der Waals surface area contributed by atoms with E-state index in [0.29, 0.717) is 0 Å². The largest absolute Gasteiger partial charge is 0.0622 e. The molecular weight excluding hydrogens is 480 g/mol. The molecule has 186 valence electrons. The molecule has 0 atom stereocenters. The number of rotatable bonds is 3. The van der Waals surface area contributed by atoms with E-state index >= 15 is 0 Å². The summed E-state index contributed by atoms with van der Waals surface area (Å²) in [4.78, 5) is 0. The Morgan fingerprint density at radius 2 is 0.800 bits per heavy atom. The predicted octanol–water partition coefficient (Wildman–Crippen LogP) is 11.3. The van der Waals surface area contributed by atoms with Crippen LogP contribution in [0.25, 0.3) is 76.5 Å². The summed E-state index contributed by atoms with van der Waals surface area (Å²) < 4.78 is 0. The van der Waals surface area contributed by atoms with Crippen molar-refractivity contribution >= 4 is 43.1 Å². The van der Waals surface area contributed by atoms with Gasteiger partial charge in [0.15, 0.2) is 0 Å². The quantitative estimate of drug-likeness (QED) is 0.165. The molecule has 8 aromatic carbocycles. The van der Waals surface area contributed by atoms with Crippen molar-refractivity contribution < 1.29 is 0 Å². The fraction of sp³-hybridized carbons (Fsp3) is 0. The van der Waals surface area contributed by atoms with E-state index in [1.54, 1.807) is 0 Å². The lowest BCUT2D eigenvalue weighted by Gasteiger charge is -2.15. The van der Waals surface area contributed by atoms with Gasteiger partial charge in [0.1, 0.15) is 0 Å². The van der Waals surface area contributed by atoms with Gasteiger partial charge in [-0.15, -0.1) is 0 Å². The maximum atomic E-state index is 2.36. The molecule has 40 heavy (non-hydrogen) atoms. The average Bonchev–Trinajstić information content (AvgIpc) is 3.03. The third kappa shape index (κ3) is 3.77. The Morgan fingerprint density at radius 1 is 0.225 bits per heavy atom. The molecule has 8 rings (SSSR count). The van der Waals surface area contributed by atoms with Crippen LogP contribution in [0.5, 0.6) is 0 Å². The van der Waals surface area contributed by atoms with Crippen LogP contribution in [0, 0.1) is 0 Å². The van der Waals surface area contributed by atoms with E-state index in [9.17, 15) is 0 Å². The van der Waals surface area contributed by atoms with E-state index < -0.39 is 0 Å². The molecule has 0 aromatic heterocycles. The summed E-state index contributed by atoms with van der Waals surface area (Å²) in [6.07, 6.45) is 0. The molecule has 0 fully saturated rings. The minimum atomic E-state index is 1.23. The van der Waals surface area contributed by atoms with Gasteiger partial charge in [-0.3, -0.25) is 0 Å². The number of fused-ring (bicyclic) bond motifs is 5. The molecule has 0 heteroatoms. The smallest absolute Gasteiger partial charge is 0.00264 e. The Balaban J connectivity index is 1.29. The first-order valence-corrected chi connectivity index (χ1v) is 13.9. The molecule has 0 spiro atoms. The molecule has 0 amide bonds. The van der Waals surface area contributed by atoms with Crippen molar-refractivity contribution in [2.24, 2.45) is 0 Å². The molecule has 0 saturated carbocycles. The van der Waals surface area contributed by atoms with E-state index in [2.05, 4.69) is 158 Å². The van der Waals surface area contributed by atoms with E-state index in [1.165, 1.54) is 76.5 Å². The highest BCUT2D eigenvalue weighted by Crippen LogP contribution is 2.40. The van der Waals surface area contributed by atoms with Crippen molar-refractivity contribution in [2.75, 3.05) is 0 Å². The summed E-state index contributed by atoms with van der Waals surface area (Å²) >= 11 is 0. The number of hydrogen-bond donors (Lipinski definition) is 0. The van der Waals surface area contributed by atoms with Gasteiger partial charge in [0.05, 0.1) is 0 Å². The van der Waals surface area contributed by atoms with Gasteiger partial charge < -0.3 is 0 Å². The zero-order valence-corrected chi connectivity index (χ0v) is 22.0. The Hall–Kier alpha value is -5.20. The number of hydrogen-bond acceptors (Lipinski definition) is 0. The summed E-state index contributed by atoms with van der Waals surface area (Å²) in [6.45, 7) is 0. The summed E-state index contributed by atoms with van der Waals surface area (Å²) in [6, 6.07) is 57.6. The first-order chi connectivity index (χ1) is 19.8. The fourth-order valence-electron chi connectivity index (χ4n) is 6.22. The van der Waals surface area contributed by atoms with E-state index in [-0.39, 0.29) is 0 Å². The van der Waals surface area contributed by atoms with E-state index in [0.717, 1.165) is 0 Å². The first kappa shape index (κ1) is 22.8. The second-order valence-electron chi connectivity index (χ2n) is 10.6. The SMILES string of the molecule is c1ccc(-c2ccc3cc(-c4cccc(-c5c6ccccc6cc6c5ccc5ccccc56)c4)ccc3c2)cc1. The molecule has 0 radical (unpaired) electrons. The van der Waals surface area contributed by atoms with E-state index in [4.69, 9.17) is 0 Å². The summed E-state index contributed by atoms with van der Waals surface area (Å²) in [7, 11) is 0. The Labute approximate surface area is 233 Å². The van der Waals surface area contributed by atoms with Crippen LogP contribution in [0.4, 0.5) is 0 Å². The lowest BCUT2D eigenvalue weighted by molar-refractivity contribution is 1.62. The van der Waals surface area contributed by atoms with Crippen LogP contribution in [0.2, 0.25) is 0 Å².